The lowest BCUT2D eigenvalue weighted by molar-refractivity contribution is -0.131. The SMILES string of the molecule is CC1CC1C(=O)NC(C)(C)/C=C/C(=O)O. The van der Waals surface area contributed by atoms with E-state index in [9.17, 15) is 9.59 Å². The molecule has 0 radical (unpaired) electrons. The third-order valence-corrected chi connectivity index (χ3v) is 2.53. The minimum Gasteiger partial charge on any atom is -0.478 e. The van der Waals surface area contributed by atoms with Crippen molar-refractivity contribution in [3.8, 4) is 0 Å². The highest BCUT2D eigenvalue weighted by Crippen LogP contribution is 2.38. The Hall–Kier alpha value is -1.32. The van der Waals surface area contributed by atoms with Crippen molar-refractivity contribution in [3.05, 3.63) is 12.2 Å². The lowest BCUT2D eigenvalue weighted by Crippen LogP contribution is -2.42. The van der Waals surface area contributed by atoms with Crippen LogP contribution >= 0.6 is 0 Å². The molecule has 0 aromatic heterocycles. The Morgan fingerprint density at radius 2 is 2.00 bits per heavy atom. The van der Waals surface area contributed by atoms with Gasteiger partial charge in [-0.2, -0.15) is 0 Å². The van der Waals surface area contributed by atoms with Gasteiger partial charge in [-0.05, 0) is 26.2 Å². The van der Waals surface area contributed by atoms with Crippen molar-refractivity contribution in [1.29, 1.82) is 0 Å². The number of carbonyl (C=O) groups is 2. The Bertz CT molecular complexity index is 307. The van der Waals surface area contributed by atoms with Crippen molar-refractivity contribution >= 4 is 11.9 Å². The van der Waals surface area contributed by atoms with Gasteiger partial charge in [0.25, 0.3) is 0 Å². The van der Waals surface area contributed by atoms with Crippen molar-refractivity contribution in [2.75, 3.05) is 0 Å². The predicted molar refractivity (Wildman–Crippen MR) is 56.3 cm³/mol. The quantitative estimate of drug-likeness (QED) is 0.686. The minimum atomic E-state index is -1.00. The molecule has 0 saturated heterocycles. The second kappa shape index (κ2) is 4.04. The fourth-order valence-electron chi connectivity index (χ4n) is 1.42. The smallest absolute Gasteiger partial charge is 0.328 e. The molecule has 1 aliphatic rings. The number of amides is 1. The normalized spacial score (nSPS) is 25.3. The number of carbonyl (C=O) groups excluding carboxylic acids is 1. The second-order valence-electron chi connectivity index (χ2n) is 4.70. The molecule has 2 unspecified atom stereocenters. The summed E-state index contributed by atoms with van der Waals surface area (Å²) in [6.45, 7) is 5.58. The molecule has 1 fully saturated rings. The molecule has 1 rings (SSSR count). The van der Waals surface area contributed by atoms with Crippen molar-refractivity contribution in [3.63, 3.8) is 0 Å². The molecule has 1 saturated carbocycles. The Balaban J connectivity index is 2.48. The van der Waals surface area contributed by atoms with E-state index in [0.29, 0.717) is 5.92 Å². The van der Waals surface area contributed by atoms with Gasteiger partial charge < -0.3 is 10.4 Å². The molecular weight excluding hydrogens is 194 g/mol. The molecular formula is C11H17NO3. The van der Waals surface area contributed by atoms with Crippen LogP contribution in [0.25, 0.3) is 0 Å². The number of carboxylic acid groups (broad SMARTS) is 1. The zero-order valence-electron chi connectivity index (χ0n) is 9.28. The van der Waals surface area contributed by atoms with E-state index in [1.165, 1.54) is 6.08 Å². The predicted octanol–water partition coefficient (Wildman–Crippen LogP) is 1.18. The molecule has 4 nitrogen and oxygen atoms in total. The summed E-state index contributed by atoms with van der Waals surface area (Å²) in [4.78, 5) is 21.9. The summed E-state index contributed by atoms with van der Waals surface area (Å²) >= 11 is 0. The van der Waals surface area contributed by atoms with Gasteiger partial charge in [0, 0.05) is 12.0 Å². The minimum absolute atomic E-state index is 0.0162. The molecule has 84 valence electrons. The van der Waals surface area contributed by atoms with Crippen LogP contribution < -0.4 is 5.32 Å². The van der Waals surface area contributed by atoms with Crippen molar-refractivity contribution in [2.45, 2.75) is 32.7 Å². The van der Waals surface area contributed by atoms with E-state index in [1.807, 2.05) is 6.92 Å². The van der Waals surface area contributed by atoms with Crippen molar-refractivity contribution < 1.29 is 14.7 Å². The highest BCUT2D eigenvalue weighted by atomic mass is 16.4. The molecule has 0 aromatic carbocycles. The number of hydrogen-bond acceptors (Lipinski definition) is 2. The third-order valence-electron chi connectivity index (χ3n) is 2.53. The van der Waals surface area contributed by atoms with Crippen LogP contribution in [0, 0.1) is 11.8 Å². The number of hydrogen-bond donors (Lipinski definition) is 2. The van der Waals surface area contributed by atoms with E-state index in [4.69, 9.17) is 5.11 Å². The van der Waals surface area contributed by atoms with Gasteiger partial charge in [0.2, 0.25) is 5.91 Å². The summed E-state index contributed by atoms with van der Waals surface area (Å²) in [5, 5.41) is 11.3. The van der Waals surface area contributed by atoms with Crippen LogP contribution in [0.4, 0.5) is 0 Å². The number of rotatable bonds is 4. The summed E-state index contributed by atoms with van der Waals surface area (Å²) in [5.74, 6) is -0.411. The van der Waals surface area contributed by atoms with E-state index in [2.05, 4.69) is 5.32 Å². The summed E-state index contributed by atoms with van der Waals surface area (Å²) < 4.78 is 0. The lowest BCUT2D eigenvalue weighted by atomic mass is 10.0. The lowest BCUT2D eigenvalue weighted by Gasteiger charge is -2.22. The number of aliphatic carboxylic acids is 1. The molecule has 2 N–H and O–H groups in total. The van der Waals surface area contributed by atoms with Gasteiger partial charge in [-0.1, -0.05) is 13.0 Å². The molecule has 1 amide bonds. The number of nitrogens with one attached hydrogen (secondary N) is 1. The largest absolute Gasteiger partial charge is 0.478 e. The van der Waals surface area contributed by atoms with E-state index >= 15 is 0 Å². The molecule has 4 heteroatoms. The van der Waals surface area contributed by atoms with Gasteiger partial charge >= 0.3 is 5.97 Å². The van der Waals surface area contributed by atoms with Crippen LogP contribution in [0.1, 0.15) is 27.2 Å². The molecule has 15 heavy (non-hydrogen) atoms. The van der Waals surface area contributed by atoms with Crippen LogP contribution in [0.5, 0.6) is 0 Å². The first-order valence-electron chi connectivity index (χ1n) is 5.06. The fraction of sp³-hybridized carbons (Fsp3) is 0.636. The molecule has 0 heterocycles. The van der Waals surface area contributed by atoms with E-state index < -0.39 is 11.5 Å². The first-order valence-corrected chi connectivity index (χ1v) is 5.06. The Morgan fingerprint density at radius 1 is 1.47 bits per heavy atom. The Morgan fingerprint density at radius 3 is 2.40 bits per heavy atom. The Labute approximate surface area is 89.4 Å². The molecule has 0 bridgehead atoms. The maximum absolute atomic E-state index is 11.6. The van der Waals surface area contributed by atoms with Gasteiger partial charge in [-0.3, -0.25) is 4.79 Å². The summed E-state index contributed by atoms with van der Waals surface area (Å²) in [5.41, 5.74) is -0.599. The second-order valence-corrected chi connectivity index (χ2v) is 4.70. The molecule has 0 spiro atoms. The highest BCUT2D eigenvalue weighted by Gasteiger charge is 2.40. The van der Waals surface area contributed by atoms with Gasteiger partial charge in [0.1, 0.15) is 0 Å². The van der Waals surface area contributed by atoms with Crippen LogP contribution in [-0.4, -0.2) is 22.5 Å². The zero-order chi connectivity index (χ0) is 11.6. The van der Waals surface area contributed by atoms with Crippen LogP contribution in [0.15, 0.2) is 12.2 Å². The third kappa shape index (κ3) is 3.73. The van der Waals surface area contributed by atoms with E-state index in [1.54, 1.807) is 13.8 Å². The van der Waals surface area contributed by atoms with Gasteiger partial charge in [-0.25, -0.2) is 4.79 Å². The standard InChI is InChI=1S/C11H17NO3/c1-7-6-8(7)10(15)12-11(2,3)5-4-9(13)14/h4-5,7-8H,6H2,1-3H3,(H,12,15)(H,13,14)/b5-4+. The highest BCUT2D eigenvalue weighted by molar-refractivity contribution is 5.83. The van der Waals surface area contributed by atoms with Gasteiger partial charge in [0.05, 0.1) is 5.54 Å². The molecule has 1 aliphatic carbocycles. The monoisotopic (exact) mass is 211 g/mol. The molecule has 0 aliphatic heterocycles. The average molecular weight is 211 g/mol. The number of carboxylic acids is 1. The molecule has 2 atom stereocenters. The van der Waals surface area contributed by atoms with E-state index in [0.717, 1.165) is 12.5 Å². The topological polar surface area (TPSA) is 66.4 Å². The summed E-state index contributed by atoms with van der Waals surface area (Å²) in [7, 11) is 0. The first-order chi connectivity index (χ1) is 6.82. The average Bonchev–Trinajstić information content (AvgIpc) is 2.79. The fourth-order valence-corrected chi connectivity index (χ4v) is 1.42. The van der Waals surface area contributed by atoms with Gasteiger partial charge in [0.15, 0.2) is 0 Å². The Kier molecular flexibility index (Phi) is 3.17. The van der Waals surface area contributed by atoms with Gasteiger partial charge in [-0.15, -0.1) is 0 Å². The maximum atomic E-state index is 11.6. The van der Waals surface area contributed by atoms with E-state index in [-0.39, 0.29) is 11.8 Å². The zero-order valence-corrected chi connectivity index (χ0v) is 9.28. The maximum Gasteiger partial charge on any atom is 0.328 e. The van der Waals surface area contributed by atoms with Crippen LogP contribution in [0.2, 0.25) is 0 Å². The van der Waals surface area contributed by atoms with Crippen LogP contribution in [0.3, 0.4) is 0 Å². The van der Waals surface area contributed by atoms with Crippen molar-refractivity contribution in [2.24, 2.45) is 11.8 Å². The summed E-state index contributed by atoms with van der Waals surface area (Å²) in [6.07, 6.45) is 3.47. The summed E-state index contributed by atoms with van der Waals surface area (Å²) in [6, 6.07) is 0. The van der Waals surface area contributed by atoms with Crippen molar-refractivity contribution in [1.82, 2.24) is 5.32 Å². The molecule has 0 aromatic rings. The van der Waals surface area contributed by atoms with Crippen LogP contribution in [-0.2, 0) is 9.59 Å². The first kappa shape index (κ1) is 11.8.